The van der Waals surface area contributed by atoms with Crippen molar-refractivity contribution >= 4 is 5.91 Å². The Morgan fingerprint density at radius 1 is 1.16 bits per heavy atom. The summed E-state index contributed by atoms with van der Waals surface area (Å²) in [6.07, 6.45) is 14.8. The Labute approximate surface area is 119 Å². The van der Waals surface area contributed by atoms with Crippen molar-refractivity contribution in [1.82, 2.24) is 4.90 Å². The highest BCUT2D eigenvalue weighted by molar-refractivity contribution is 5.97. The first-order valence-corrected chi connectivity index (χ1v) is 8.19. The molecule has 1 rings (SSSR count). The average molecular weight is 265 g/mol. The molecule has 0 aliphatic carbocycles. The van der Waals surface area contributed by atoms with Gasteiger partial charge in [-0.2, -0.15) is 0 Å². The van der Waals surface area contributed by atoms with Crippen molar-refractivity contribution in [1.29, 1.82) is 0 Å². The minimum atomic E-state index is 0.159. The summed E-state index contributed by atoms with van der Waals surface area (Å²) in [4.78, 5) is 13.2. The summed E-state index contributed by atoms with van der Waals surface area (Å²) in [5.74, 6) is 0.988. The van der Waals surface area contributed by atoms with Crippen LogP contribution < -0.4 is 0 Å². The molecule has 1 saturated heterocycles. The number of amides is 1. The SMILES string of the molecule is C=CN1C(=O)C1CC(CC)CCCCCCCCC. The first-order valence-electron chi connectivity index (χ1n) is 8.19. The Balaban J connectivity index is 2.03. The van der Waals surface area contributed by atoms with E-state index in [1.165, 1.54) is 57.8 Å². The Hall–Kier alpha value is -0.790. The highest BCUT2D eigenvalue weighted by atomic mass is 16.2. The highest BCUT2D eigenvalue weighted by Crippen LogP contribution is 2.30. The van der Waals surface area contributed by atoms with E-state index in [-0.39, 0.29) is 11.9 Å². The number of nitrogens with zero attached hydrogens (tertiary/aromatic N) is 1. The van der Waals surface area contributed by atoms with Crippen LogP contribution in [0.4, 0.5) is 0 Å². The van der Waals surface area contributed by atoms with Gasteiger partial charge in [-0.25, -0.2) is 0 Å². The van der Waals surface area contributed by atoms with E-state index in [1.807, 2.05) is 0 Å². The fourth-order valence-electron chi connectivity index (χ4n) is 2.86. The van der Waals surface area contributed by atoms with Crippen molar-refractivity contribution < 1.29 is 4.79 Å². The highest BCUT2D eigenvalue weighted by Gasteiger charge is 2.44. The third-order valence-electron chi connectivity index (χ3n) is 4.35. The lowest BCUT2D eigenvalue weighted by Crippen LogP contribution is -2.05. The maximum Gasteiger partial charge on any atom is 0.250 e. The number of carbonyl (C=O) groups excluding carboxylic acids is 1. The topological polar surface area (TPSA) is 20.1 Å². The molecule has 0 saturated carbocycles. The van der Waals surface area contributed by atoms with Crippen molar-refractivity contribution in [2.24, 2.45) is 5.92 Å². The molecule has 0 aromatic rings. The first kappa shape index (κ1) is 16.3. The molecule has 1 heterocycles. The van der Waals surface area contributed by atoms with Crippen LogP contribution in [0.15, 0.2) is 12.8 Å². The largest absolute Gasteiger partial charge is 0.305 e. The molecule has 0 aromatic carbocycles. The second kappa shape index (κ2) is 9.17. The standard InChI is InChI=1S/C17H31NO/c1-4-7-8-9-10-11-12-13-15(5-2)14-16-17(19)18(16)6-3/h6,15-16H,3-5,7-14H2,1-2H3. The van der Waals surface area contributed by atoms with E-state index in [0.29, 0.717) is 0 Å². The Morgan fingerprint density at radius 3 is 2.32 bits per heavy atom. The van der Waals surface area contributed by atoms with Crippen molar-refractivity contribution in [3.05, 3.63) is 12.8 Å². The summed E-state index contributed by atoms with van der Waals surface area (Å²) in [6, 6.07) is 0.159. The van der Waals surface area contributed by atoms with Crippen LogP contribution in [0.5, 0.6) is 0 Å². The lowest BCUT2D eigenvalue weighted by Gasteiger charge is -2.13. The Bertz CT molecular complexity index is 274. The van der Waals surface area contributed by atoms with Crippen LogP contribution in [0.1, 0.15) is 78.1 Å². The zero-order valence-corrected chi connectivity index (χ0v) is 12.9. The molecule has 2 heteroatoms. The fourth-order valence-corrected chi connectivity index (χ4v) is 2.86. The molecule has 110 valence electrons. The van der Waals surface area contributed by atoms with E-state index in [0.717, 1.165) is 12.3 Å². The Kier molecular flexibility index (Phi) is 7.85. The molecule has 0 aromatic heterocycles. The molecule has 2 atom stereocenters. The van der Waals surface area contributed by atoms with Gasteiger partial charge in [0, 0.05) is 6.20 Å². The van der Waals surface area contributed by atoms with E-state index in [1.54, 1.807) is 11.1 Å². The van der Waals surface area contributed by atoms with Gasteiger partial charge in [0.2, 0.25) is 5.91 Å². The van der Waals surface area contributed by atoms with Crippen LogP contribution in [-0.4, -0.2) is 16.8 Å². The van der Waals surface area contributed by atoms with Crippen molar-refractivity contribution in [2.45, 2.75) is 84.1 Å². The molecule has 19 heavy (non-hydrogen) atoms. The number of carbonyl (C=O) groups is 1. The minimum Gasteiger partial charge on any atom is -0.305 e. The maximum absolute atomic E-state index is 11.4. The molecule has 2 nitrogen and oxygen atoms in total. The molecule has 0 N–H and O–H groups in total. The van der Waals surface area contributed by atoms with Gasteiger partial charge < -0.3 is 4.90 Å². The molecular formula is C17H31NO. The third kappa shape index (κ3) is 5.80. The molecule has 1 fully saturated rings. The van der Waals surface area contributed by atoms with Gasteiger partial charge in [0.15, 0.2) is 0 Å². The maximum atomic E-state index is 11.4. The van der Waals surface area contributed by atoms with Gasteiger partial charge in [-0.15, -0.1) is 0 Å². The van der Waals surface area contributed by atoms with E-state index in [2.05, 4.69) is 20.4 Å². The second-order valence-corrected chi connectivity index (χ2v) is 5.86. The van der Waals surface area contributed by atoms with Crippen LogP contribution >= 0.6 is 0 Å². The summed E-state index contributed by atoms with van der Waals surface area (Å²) in [7, 11) is 0. The van der Waals surface area contributed by atoms with Crippen LogP contribution in [0.2, 0.25) is 0 Å². The van der Waals surface area contributed by atoms with E-state index in [4.69, 9.17) is 0 Å². The number of hydrogen-bond donors (Lipinski definition) is 0. The first-order chi connectivity index (χ1) is 9.24. The smallest absolute Gasteiger partial charge is 0.250 e. The number of hydrogen-bond acceptors (Lipinski definition) is 1. The Morgan fingerprint density at radius 2 is 1.79 bits per heavy atom. The lowest BCUT2D eigenvalue weighted by molar-refractivity contribution is -0.113. The summed E-state index contributed by atoms with van der Waals surface area (Å²) < 4.78 is 0. The van der Waals surface area contributed by atoms with Crippen LogP contribution in [0.3, 0.4) is 0 Å². The second-order valence-electron chi connectivity index (χ2n) is 5.86. The van der Waals surface area contributed by atoms with Gasteiger partial charge in [0.1, 0.15) is 6.04 Å². The van der Waals surface area contributed by atoms with Crippen LogP contribution in [0.25, 0.3) is 0 Å². The summed E-state index contributed by atoms with van der Waals surface area (Å²) in [6.45, 7) is 8.18. The minimum absolute atomic E-state index is 0.159. The molecule has 0 spiro atoms. The van der Waals surface area contributed by atoms with Crippen molar-refractivity contribution in [2.75, 3.05) is 0 Å². The molecule has 1 aliphatic rings. The zero-order chi connectivity index (χ0) is 14.1. The predicted octanol–water partition coefficient (Wildman–Crippen LogP) is 4.90. The van der Waals surface area contributed by atoms with Crippen molar-refractivity contribution in [3.63, 3.8) is 0 Å². The van der Waals surface area contributed by atoms with Crippen molar-refractivity contribution in [3.8, 4) is 0 Å². The van der Waals surface area contributed by atoms with E-state index in [9.17, 15) is 4.79 Å². The van der Waals surface area contributed by atoms with Crippen LogP contribution in [-0.2, 0) is 4.79 Å². The quantitative estimate of drug-likeness (QED) is 0.363. The number of unbranched alkanes of at least 4 members (excludes halogenated alkanes) is 6. The average Bonchev–Trinajstić information content (AvgIpc) is 3.05. The normalized spacial score (nSPS) is 19.6. The van der Waals surface area contributed by atoms with E-state index < -0.39 is 0 Å². The molecule has 0 radical (unpaired) electrons. The fraction of sp³-hybridized carbons (Fsp3) is 0.824. The summed E-state index contributed by atoms with van der Waals surface area (Å²) in [5, 5.41) is 0. The van der Waals surface area contributed by atoms with Crippen LogP contribution in [0, 0.1) is 5.92 Å². The summed E-state index contributed by atoms with van der Waals surface area (Å²) in [5.41, 5.74) is 0. The molecule has 0 bridgehead atoms. The molecular weight excluding hydrogens is 234 g/mol. The van der Waals surface area contributed by atoms with Gasteiger partial charge >= 0.3 is 0 Å². The molecule has 2 unspecified atom stereocenters. The molecule has 1 aliphatic heterocycles. The van der Waals surface area contributed by atoms with Gasteiger partial charge in [0.05, 0.1) is 0 Å². The predicted molar refractivity (Wildman–Crippen MR) is 81.8 cm³/mol. The van der Waals surface area contributed by atoms with Gasteiger partial charge in [-0.3, -0.25) is 4.79 Å². The van der Waals surface area contributed by atoms with Gasteiger partial charge in [-0.05, 0) is 12.3 Å². The van der Waals surface area contributed by atoms with Gasteiger partial charge in [0.25, 0.3) is 0 Å². The summed E-state index contributed by atoms with van der Waals surface area (Å²) >= 11 is 0. The molecule has 1 amide bonds. The zero-order valence-electron chi connectivity index (χ0n) is 12.9. The number of rotatable bonds is 12. The van der Waals surface area contributed by atoms with Gasteiger partial charge in [-0.1, -0.05) is 78.2 Å². The lowest BCUT2D eigenvalue weighted by atomic mass is 9.93. The third-order valence-corrected chi connectivity index (χ3v) is 4.35. The monoisotopic (exact) mass is 265 g/mol. The van der Waals surface area contributed by atoms with E-state index >= 15 is 0 Å².